The van der Waals surface area contributed by atoms with Crippen molar-refractivity contribution in [3.8, 4) is 6.07 Å². The Hall–Kier alpha value is -3.39. The molecule has 0 atom stereocenters. The van der Waals surface area contributed by atoms with Crippen molar-refractivity contribution in [3.63, 3.8) is 0 Å². The molecule has 0 bridgehead atoms. The Balaban J connectivity index is 2.09. The lowest BCUT2D eigenvalue weighted by molar-refractivity contribution is 0.102. The minimum Gasteiger partial charge on any atom is -0.317 e. The molecule has 0 aliphatic carbocycles. The van der Waals surface area contributed by atoms with Gasteiger partial charge in [0.1, 0.15) is 11.8 Å². The summed E-state index contributed by atoms with van der Waals surface area (Å²) in [5.41, 5.74) is 0.975. The Morgan fingerprint density at radius 1 is 1.09 bits per heavy atom. The highest BCUT2D eigenvalue weighted by molar-refractivity contribution is 6.04. The molecule has 0 saturated heterocycles. The van der Waals surface area contributed by atoms with Gasteiger partial charge in [0.15, 0.2) is 0 Å². The number of hydrogen-bond acceptors (Lipinski definition) is 3. The van der Waals surface area contributed by atoms with E-state index in [1.807, 2.05) is 6.07 Å². The molecule has 1 aromatic carbocycles. The van der Waals surface area contributed by atoms with Gasteiger partial charge in [0.25, 0.3) is 11.5 Å². The van der Waals surface area contributed by atoms with Crippen LogP contribution in [0.1, 0.15) is 15.9 Å². The van der Waals surface area contributed by atoms with E-state index in [9.17, 15) is 14.9 Å². The highest BCUT2D eigenvalue weighted by atomic mass is 16.2. The van der Waals surface area contributed by atoms with E-state index in [-0.39, 0.29) is 11.2 Å². The maximum atomic E-state index is 12.4. The molecule has 0 saturated carbocycles. The van der Waals surface area contributed by atoms with E-state index in [1.54, 1.807) is 54.7 Å². The van der Waals surface area contributed by atoms with Crippen LogP contribution in [0.5, 0.6) is 0 Å². The van der Waals surface area contributed by atoms with E-state index in [2.05, 4.69) is 5.32 Å². The molecule has 0 aliphatic heterocycles. The van der Waals surface area contributed by atoms with Crippen LogP contribution in [0.15, 0.2) is 65.6 Å². The molecule has 0 radical (unpaired) electrons. The van der Waals surface area contributed by atoms with Crippen molar-refractivity contribution in [2.75, 3.05) is 5.32 Å². The first kappa shape index (κ1) is 13.6. The molecular weight excluding hydrogens is 278 g/mol. The third-order valence-corrected chi connectivity index (χ3v) is 3.28. The number of pyridine rings is 2. The average Bonchev–Trinajstić information content (AvgIpc) is 2.58. The zero-order valence-corrected chi connectivity index (χ0v) is 11.5. The first-order chi connectivity index (χ1) is 10.7. The van der Waals surface area contributed by atoms with Crippen molar-refractivity contribution >= 4 is 17.1 Å². The molecule has 22 heavy (non-hydrogen) atoms. The van der Waals surface area contributed by atoms with Gasteiger partial charge in [-0.2, -0.15) is 5.26 Å². The summed E-state index contributed by atoms with van der Waals surface area (Å²) in [7, 11) is 0. The molecule has 0 fully saturated rings. The average molecular weight is 289 g/mol. The predicted octanol–water partition coefficient (Wildman–Crippen LogP) is 2.42. The van der Waals surface area contributed by atoms with E-state index in [1.165, 1.54) is 10.5 Å². The largest absolute Gasteiger partial charge is 0.317 e. The van der Waals surface area contributed by atoms with Crippen LogP contribution < -0.4 is 10.9 Å². The van der Waals surface area contributed by atoms with Crippen LogP contribution >= 0.6 is 0 Å². The van der Waals surface area contributed by atoms with Crippen molar-refractivity contribution < 1.29 is 4.79 Å². The third-order valence-electron chi connectivity index (χ3n) is 3.28. The lowest BCUT2D eigenvalue weighted by Gasteiger charge is -2.08. The summed E-state index contributed by atoms with van der Waals surface area (Å²) in [5, 5.41) is 11.8. The van der Waals surface area contributed by atoms with Crippen molar-refractivity contribution in [1.29, 1.82) is 5.26 Å². The molecular formula is C17H11N3O2. The van der Waals surface area contributed by atoms with Gasteiger partial charge in [-0.05, 0) is 30.3 Å². The number of rotatable bonds is 2. The van der Waals surface area contributed by atoms with E-state index < -0.39 is 5.91 Å². The minimum atomic E-state index is -0.391. The van der Waals surface area contributed by atoms with E-state index in [4.69, 9.17) is 0 Å². The van der Waals surface area contributed by atoms with Crippen molar-refractivity contribution in [3.05, 3.63) is 82.3 Å². The number of carbonyl (C=O) groups excluding carboxylic acids is 1. The van der Waals surface area contributed by atoms with Gasteiger partial charge < -0.3 is 5.32 Å². The highest BCUT2D eigenvalue weighted by Crippen LogP contribution is 2.13. The van der Waals surface area contributed by atoms with Gasteiger partial charge in [0.05, 0.1) is 11.1 Å². The smallest absolute Gasteiger partial charge is 0.278 e. The molecule has 5 heteroatoms. The second kappa shape index (κ2) is 5.54. The summed E-state index contributed by atoms with van der Waals surface area (Å²) in [4.78, 5) is 24.6. The van der Waals surface area contributed by atoms with Crippen LogP contribution in [0.2, 0.25) is 0 Å². The number of nitriles is 1. The van der Waals surface area contributed by atoms with Gasteiger partial charge in [-0.15, -0.1) is 0 Å². The predicted molar refractivity (Wildman–Crippen MR) is 82.8 cm³/mol. The molecule has 0 unspecified atom stereocenters. The molecule has 2 aromatic heterocycles. The lowest BCUT2D eigenvalue weighted by Crippen LogP contribution is -2.23. The van der Waals surface area contributed by atoms with Crippen LogP contribution in [-0.2, 0) is 0 Å². The number of nitrogens with one attached hydrogen (secondary N) is 1. The maximum Gasteiger partial charge on any atom is 0.278 e. The fourth-order valence-electron chi connectivity index (χ4n) is 2.21. The Morgan fingerprint density at radius 2 is 1.82 bits per heavy atom. The third kappa shape index (κ3) is 2.34. The Morgan fingerprint density at radius 3 is 2.55 bits per heavy atom. The van der Waals surface area contributed by atoms with Gasteiger partial charge in [0, 0.05) is 11.8 Å². The monoisotopic (exact) mass is 289 g/mol. The normalized spacial score (nSPS) is 10.1. The fourth-order valence-corrected chi connectivity index (χ4v) is 2.21. The number of amides is 1. The number of anilines is 1. The zero-order valence-electron chi connectivity index (χ0n) is 11.5. The summed E-state index contributed by atoms with van der Waals surface area (Å²) >= 11 is 0. The summed E-state index contributed by atoms with van der Waals surface area (Å²) in [5.74, 6) is -0.391. The molecule has 3 rings (SSSR count). The first-order valence-corrected chi connectivity index (χ1v) is 6.61. The summed E-state index contributed by atoms with van der Waals surface area (Å²) in [6.45, 7) is 0. The van der Waals surface area contributed by atoms with Gasteiger partial charge in [-0.3, -0.25) is 14.0 Å². The second-order valence-corrected chi connectivity index (χ2v) is 4.66. The molecule has 106 valence electrons. The standard InChI is InChI=1S/C17H11N3O2/c18-11-13-10-14(17(22)20-9-5-4-8-15(13)20)19-16(21)12-6-2-1-3-7-12/h1-10H,(H,19,21). The molecule has 2 heterocycles. The molecule has 0 spiro atoms. The van der Waals surface area contributed by atoms with E-state index >= 15 is 0 Å². The topological polar surface area (TPSA) is 74.4 Å². The summed E-state index contributed by atoms with van der Waals surface area (Å²) in [6, 6.07) is 17.1. The van der Waals surface area contributed by atoms with Crippen LogP contribution in [0.4, 0.5) is 5.69 Å². The number of benzene rings is 1. The number of aromatic nitrogens is 1. The highest BCUT2D eigenvalue weighted by Gasteiger charge is 2.12. The zero-order chi connectivity index (χ0) is 15.5. The minimum absolute atomic E-state index is 0.0779. The van der Waals surface area contributed by atoms with Gasteiger partial charge in [-0.25, -0.2) is 0 Å². The summed E-state index contributed by atoms with van der Waals surface area (Å²) in [6.07, 6.45) is 1.57. The number of carbonyl (C=O) groups is 1. The number of fused-ring (bicyclic) bond motifs is 1. The van der Waals surface area contributed by atoms with Crippen LogP contribution in [0.25, 0.3) is 5.52 Å². The van der Waals surface area contributed by atoms with Crippen molar-refractivity contribution in [2.24, 2.45) is 0 Å². The molecule has 5 nitrogen and oxygen atoms in total. The Bertz CT molecular complexity index is 953. The second-order valence-electron chi connectivity index (χ2n) is 4.66. The van der Waals surface area contributed by atoms with E-state index in [0.29, 0.717) is 16.6 Å². The van der Waals surface area contributed by atoms with E-state index in [0.717, 1.165) is 0 Å². The SMILES string of the molecule is N#Cc1cc(NC(=O)c2ccccc2)c(=O)n2ccccc12. The Labute approximate surface area is 126 Å². The van der Waals surface area contributed by atoms with Crippen LogP contribution in [0.3, 0.4) is 0 Å². The van der Waals surface area contributed by atoms with Gasteiger partial charge >= 0.3 is 0 Å². The molecule has 1 amide bonds. The quantitative estimate of drug-likeness (QED) is 0.787. The van der Waals surface area contributed by atoms with Crippen molar-refractivity contribution in [1.82, 2.24) is 4.40 Å². The molecule has 3 aromatic rings. The fraction of sp³-hybridized carbons (Fsp3) is 0. The molecule has 1 N–H and O–H groups in total. The number of nitrogens with zero attached hydrogens (tertiary/aromatic N) is 2. The number of hydrogen-bond donors (Lipinski definition) is 1. The summed E-state index contributed by atoms with van der Waals surface area (Å²) < 4.78 is 1.35. The Kier molecular flexibility index (Phi) is 3.42. The lowest BCUT2D eigenvalue weighted by atomic mass is 10.2. The van der Waals surface area contributed by atoms with Crippen LogP contribution in [0, 0.1) is 11.3 Å². The van der Waals surface area contributed by atoms with Gasteiger partial charge in [-0.1, -0.05) is 24.3 Å². The first-order valence-electron chi connectivity index (χ1n) is 6.61. The maximum absolute atomic E-state index is 12.4. The van der Waals surface area contributed by atoms with Crippen molar-refractivity contribution in [2.45, 2.75) is 0 Å². The van der Waals surface area contributed by atoms with Gasteiger partial charge in [0.2, 0.25) is 0 Å². The van der Waals surface area contributed by atoms with Crippen LogP contribution in [-0.4, -0.2) is 10.3 Å². The molecule has 0 aliphatic rings.